The lowest BCUT2D eigenvalue weighted by Gasteiger charge is -2.07. The first kappa shape index (κ1) is 9.63. The van der Waals surface area contributed by atoms with E-state index in [9.17, 15) is 4.79 Å². The van der Waals surface area contributed by atoms with Crippen molar-refractivity contribution in [3.63, 3.8) is 0 Å². The summed E-state index contributed by atoms with van der Waals surface area (Å²) >= 11 is 3.45. The highest BCUT2D eigenvalue weighted by Crippen LogP contribution is 2.34. The van der Waals surface area contributed by atoms with Gasteiger partial charge in [-0.2, -0.15) is 0 Å². The zero-order valence-electron chi connectivity index (χ0n) is 7.66. The van der Waals surface area contributed by atoms with Gasteiger partial charge in [0.1, 0.15) is 0 Å². The molecule has 1 aromatic rings. The Kier molecular flexibility index (Phi) is 2.80. The maximum Gasteiger partial charge on any atom is 0.234 e. The zero-order valence-corrected chi connectivity index (χ0v) is 9.25. The van der Waals surface area contributed by atoms with E-state index < -0.39 is 0 Å². The second-order valence-corrected chi connectivity index (χ2v) is 4.43. The van der Waals surface area contributed by atoms with Crippen LogP contribution in [0.25, 0.3) is 0 Å². The summed E-state index contributed by atoms with van der Waals surface area (Å²) in [6, 6.07) is 6.33. The van der Waals surface area contributed by atoms with E-state index in [1.807, 2.05) is 0 Å². The predicted molar refractivity (Wildman–Crippen MR) is 58.2 cm³/mol. The molecule has 1 atom stereocenters. The van der Waals surface area contributed by atoms with E-state index in [-0.39, 0.29) is 0 Å². The van der Waals surface area contributed by atoms with Gasteiger partial charge in [-0.3, -0.25) is 0 Å². The number of aliphatic imine (C=N–C) groups is 1. The van der Waals surface area contributed by atoms with E-state index in [2.05, 4.69) is 39.1 Å². The Morgan fingerprint density at radius 2 is 2.43 bits per heavy atom. The average molecular weight is 252 g/mol. The third-order valence-corrected chi connectivity index (χ3v) is 3.18. The Bertz CT molecular complexity index is 396. The molecule has 1 unspecified atom stereocenters. The van der Waals surface area contributed by atoms with Gasteiger partial charge in [0.25, 0.3) is 0 Å². The molecule has 0 heterocycles. The summed E-state index contributed by atoms with van der Waals surface area (Å²) in [4.78, 5) is 13.7. The van der Waals surface area contributed by atoms with Gasteiger partial charge in [-0.05, 0) is 36.1 Å². The lowest BCUT2D eigenvalue weighted by molar-refractivity contribution is 0.560. The monoisotopic (exact) mass is 251 g/mol. The molecular formula is C11H10BrNO. The van der Waals surface area contributed by atoms with Gasteiger partial charge in [0.15, 0.2) is 0 Å². The Morgan fingerprint density at radius 1 is 1.57 bits per heavy atom. The summed E-state index contributed by atoms with van der Waals surface area (Å²) in [6.07, 6.45) is 3.80. The Labute approximate surface area is 91.2 Å². The quantitative estimate of drug-likeness (QED) is 0.587. The minimum absolute atomic E-state index is 0.406. The fourth-order valence-electron chi connectivity index (χ4n) is 2.00. The normalized spacial score (nSPS) is 18.8. The van der Waals surface area contributed by atoms with Gasteiger partial charge >= 0.3 is 0 Å². The first-order valence-electron chi connectivity index (χ1n) is 4.63. The van der Waals surface area contributed by atoms with Crippen molar-refractivity contribution in [2.24, 2.45) is 4.99 Å². The Morgan fingerprint density at radius 3 is 3.21 bits per heavy atom. The number of hydrogen-bond acceptors (Lipinski definition) is 2. The number of benzene rings is 1. The van der Waals surface area contributed by atoms with Crippen LogP contribution in [0.1, 0.15) is 23.5 Å². The Hall–Kier alpha value is -0.920. The first-order chi connectivity index (χ1) is 6.81. The summed E-state index contributed by atoms with van der Waals surface area (Å²) < 4.78 is 1.10. The van der Waals surface area contributed by atoms with E-state index in [4.69, 9.17) is 0 Å². The first-order valence-corrected chi connectivity index (χ1v) is 5.42. The minimum atomic E-state index is 0.406. The van der Waals surface area contributed by atoms with Crippen molar-refractivity contribution in [3.8, 4) is 0 Å². The third-order valence-electron chi connectivity index (χ3n) is 2.69. The smallest absolute Gasteiger partial charge is 0.211 e. The number of fused-ring (bicyclic) bond motifs is 1. The standard InChI is InChI=1S/C11H10BrNO/c12-10-4-3-8-1-2-9(6-13-7-14)11(8)5-10/h3-5,9H,1-2,6H2. The molecule has 0 amide bonds. The van der Waals surface area contributed by atoms with Crippen LogP contribution >= 0.6 is 15.9 Å². The molecule has 14 heavy (non-hydrogen) atoms. The summed E-state index contributed by atoms with van der Waals surface area (Å²) in [5.74, 6) is 0.406. The summed E-state index contributed by atoms with van der Waals surface area (Å²) in [5, 5.41) is 0. The number of nitrogens with zero attached hydrogens (tertiary/aromatic N) is 1. The van der Waals surface area contributed by atoms with Gasteiger partial charge in [0.05, 0.1) is 6.54 Å². The van der Waals surface area contributed by atoms with Crippen LogP contribution in [0, 0.1) is 0 Å². The van der Waals surface area contributed by atoms with E-state index in [0.29, 0.717) is 12.5 Å². The highest BCUT2D eigenvalue weighted by molar-refractivity contribution is 9.10. The summed E-state index contributed by atoms with van der Waals surface area (Å²) in [7, 11) is 0. The molecule has 1 aliphatic rings. The molecule has 0 spiro atoms. The lowest BCUT2D eigenvalue weighted by Crippen LogP contribution is -1.97. The fraction of sp³-hybridized carbons (Fsp3) is 0.364. The van der Waals surface area contributed by atoms with Crippen molar-refractivity contribution in [1.82, 2.24) is 0 Å². The molecule has 2 rings (SSSR count). The molecule has 72 valence electrons. The third kappa shape index (κ3) is 1.79. The number of halogens is 1. The van der Waals surface area contributed by atoms with E-state index >= 15 is 0 Å². The number of rotatable bonds is 2. The molecule has 1 aliphatic carbocycles. The van der Waals surface area contributed by atoms with Gasteiger partial charge in [0.2, 0.25) is 6.08 Å². The second kappa shape index (κ2) is 4.07. The lowest BCUT2D eigenvalue weighted by atomic mass is 10.0. The van der Waals surface area contributed by atoms with Crippen molar-refractivity contribution in [2.75, 3.05) is 6.54 Å². The minimum Gasteiger partial charge on any atom is -0.211 e. The van der Waals surface area contributed by atoms with Crippen LogP contribution in [0.5, 0.6) is 0 Å². The summed E-state index contributed by atoms with van der Waals surface area (Å²) in [5.41, 5.74) is 2.72. The SMILES string of the molecule is O=C=NCC1CCc2ccc(Br)cc21. The van der Waals surface area contributed by atoms with Crippen molar-refractivity contribution < 1.29 is 4.79 Å². The van der Waals surface area contributed by atoms with Crippen LogP contribution < -0.4 is 0 Å². The van der Waals surface area contributed by atoms with E-state index in [1.54, 1.807) is 6.08 Å². The average Bonchev–Trinajstić information content (AvgIpc) is 2.57. The van der Waals surface area contributed by atoms with E-state index in [1.165, 1.54) is 11.1 Å². The van der Waals surface area contributed by atoms with Crippen LogP contribution in [-0.4, -0.2) is 12.6 Å². The molecule has 3 heteroatoms. The Balaban J connectivity index is 2.28. The summed E-state index contributed by atoms with van der Waals surface area (Å²) in [6.45, 7) is 0.576. The molecule has 1 aromatic carbocycles. The maximum absolute atomic E-state index is 10.0. The number of carbonyl (C=O) groups excluding carboxylic acids is 1. The molecule has 2 nitrogen and oxygen atoms in total. The molecule has 0 aliphatic heterocycles. The molecule has 0 saturated carbocycles. The van der Waals surface area contributed by atoms with Gasteiger partial charge in [-0.25, -0.2) is 9.79 Å². The molecule has 0 bridgehead atoms. The van der Waals surface area contributed by atoms with E-state index in [0.717, 1.165) is 17.3 Å². The second-order valence-electron chi connectivity index (χ2n) is 3.51. The molecule has 0 N–H and O–H groups in total. The highest BCUT2D eigenvalue weighted by Gasteiger charge is 2.21. The largest absolute Gasteiger partial charge is 0.234 e. The topological polar surface area (TPSA) is 29.4 Å². The van der Waals surface area contributed by atoms with Crippen LogP contribution in [0.2, 0.25) is 0 Å². The van der Waals surface area contributed by atoms with Gasteiger partial charge < -0.3 is 0 Å². The van der Waals surface area contributed by atoms with Crippen molar-refractivity contribution in [2.45, 2.75) is 18.8 Å². The van der Waals surface area contributed by atoms with Crippen LogP contribution in [0.3, 0.4) is 0 Å². The molecule has 0 saturated heterocycles. The van der Waals surface area contributed by atoms with Crippen molar-refractivity contribution in [3.05, 3.63) is 33.8 Å². The number of isocyanates is 1. The van der Waals surface area contributed by atoms with Gasteiger partial charge in [-0.15, -0.1) is 0 Å². The molecule has 0 aromatic heterocycles. The van der Waals surface area contributed by atoms with Gasteiger partial charge in [0, 0.05) is 10.4 Å². The van der Waals surface area contributed by atoms with Crippen LogP contribution in [0.15, 0.2) is 27.7 Å². The molecule has 0 fully saturated rings. The molecule has 0 radical (unpaired) electrons. The van der Waals surface area contributed by atoms with Crippen LogP contribution in [0.4, 0.5) is 0 Å². The zero-order chi connectivity index (χ0) is 9.97. The van der Waals surface area contributed by atoms with Crippen molar-refractivity contribution >= 4 is 22.0 Å². The molecular weight excluding hydrogens is 242 g/mol. The fourth-order valence-corrected chi connectivity index (χ4v) is 2.37. The predicted octanol–water partition coefficient (Wildman–Crippen LogP) is 2.81. The number of aryl methyl sites for hydroxylation is 1. The van der Waals surface area contributed by atoms with Crippen LogP contribution in [-0.2, 0) is 11.2 Å². The van der Waals surface area contributed by atoms with Crippen molar-refractivity contribution in [1.29, 1.82) is 0 Å². The maximum atomic E-state index is 10.0. The number of hydrogen-bond donors (Lipinski definition) is 0. The highest BCUT2D eigenvalue weighted by atomic mass is 79.9. The van der Waals surface area contributed by atoms with Gasteiger partial charge in [-0.1, -0.05) is 22.0 Å².